The number of hydrogen-bond donors (Lipinski definition) is 0. The number of methoxy groups -OCH3 is 1. The molecule has 1 rings (SSSR count). The third kappa shape index (κ3) is 5.43. The molecular weight excluding hydrogens is 300 g/mol. The number of ether oxygens (including phenoxy) is 1. The molecule has 3 atom stereocenters. The van der Waals surface area contributed by atoms with Gasteiger partial charge < -0.3 is 4.74 Å². The molecule has 0 aromatic heterocycles. The van der Waals surface area contributed by atoms with E-state index < -0.39 is 44.3 Å². The Morgan fingerprint density at radius 2 is 1.32 bits per heavy atom. The summed E-state index contributed by atoms with van der Waals surface area (Å²) in [6.45, 7) is 0. The maximum absolute atomic E-state index is 11.4. The number of esters is 1. The molecule has 1 fully saturated rings. The molecule has 0 heterocycles. The maximum atomic E-state index is 11.4. The van der Waals surface area contributed by atoms with Crippen LogP contribution in [0.25, 0.3) is 0 Å². The summed E-state index contributed by atoms with van der Waals surface area (Å²) in [7, 11) is -6.36. The highest BCUT2D eigenvalue weighted by Crippen LogP contribution is 2.33. The van der Waals surface area contributed by atoms with Gasteiger partial charge in [0.2, 0.25) is 0 Å². The van der Waals surface area contributed by atoms with Crippen LogP contribution < -0.4 is 0 Å². The standard InChI is InChI=1S/C9H16O8S2/c1-15-9(10)6-4-7(16-18(2,11)12)8(5-6)17-19(3,13)14/h6-8H,4-5H2,1-3H3/t6?,7-,8?/m1/s1. The number of carbonyl (C=O) groups is 1. The Kier molecular flexibility index (Phi) is 4.93. The van der Waals surface area contributed by atoms with E-state index in [0.717, 1.165) is 12.5 Å². The fourth-order valence-electron chi connectivity index (χ4n) is 1.97. The van der Waals surface area contributed by atoms with Gasteiger partial charge in [-0.15, -0.1) is 0 Å². The maximum Gasteiger partial charge on any atom is 0.308 e. The molecule has 0 aromatic carbocycles. The Morgan fingerprint density at radius 1 is 0.947 bits per heavy atom. The lowest BCUT2D eigenvalue weighted by molar-refractivity contribution is -0.145. The number of hydrogen-bond acceptors (Lipinski definition) is 8. The third-order valence-electron chi connectivity index (χ3n) is 2.58. The zero-order valence-corrected chi connectivity index (χ0v) is 12.4. The second kappa shape index (κ2) is 5.73. The van der Waals surface area contributed by atoms with Crippen molar-refractivity contribution in [3.05, 3.63) is 0 Å². The van der Waals surface area contributed by atoms with Crippen molar-refractivity contribution in [2.24, 2.45) is 5.92 Å². The highest BCUT2D eigenvalue weighted by atomic mass is 32.2. The summed E-state index contributed by atoms with van der Waals surface area (Å²) in [6, 6.07) is 0. The summed E-state index contributed by atoms with van der Waals surface area (Å²) >= 11 is 0. The predicted octanol–water partition coefficient (Wildman–Crippen LogP) is -0.741. The monoisotopic (exact) mass is 316 g/mol. The van der Waals surface area contributed by atoms with Crippen molar-refractivity contribution in [3.8, 4) is 0 Å². The van der Waals surface area contributed by atoms with E-state index in [9.17, 15) is 21.6 Å². The van der Waals surface area contributed by atoms with Gasteiger partial charge >= 0.3 is 5.97 Å². The van der Waals surface area contributed by atoms with Crippen LogP contribution in [-0.2, 0) is 38.1 Å². The van der Waals surface area contributed by atoms with Crippen LogP contribution in [0.2, 0.25) is 0 Å². The van der Waals surface area contributed by atoms with Crippen LogP contribution in [0.5, 0.6) is 0 Å². The minimum Gasteiger partial charge on any atom is -0.469 e. The second-order valence-corrected chi connectivity index (χ2v) is 7.57. The van der Waals surface area contributed by atoms with Crippen molar-refractivity contribution >= 4 is 26.2 Å². The van der Waals surface area contributed by atoms with Gasteiger partial charge in [-0.3, -0.25) is 13.2 Å². The SMILES string of the molecule is COC(=O)C1CC(OS(C)(=O)=O)[C@H](OS(C)(=O)=O)C1. The first kappa shape index (κ1) is 16.3. The van der Waals surface area contributed by atoms with E-state index in [1.165, 1.54) is 7.11 Å². The average molecular weight is 316 g/mol. The molecule has 0 N–H and O–H groups in total. The first-order chi connectivity index (χ1) is 8.52. The van der Waals surface area contributed by atoms with E-state index in [4.69, 9.17) is 8.37 Å². The zero-order valence-electron chi connectivity index (χ0n) is 10.7. The van der Waals surface area contributed by atoms with Gasteiger partial charge in [-0.1, -0.05) is 0 Å². The number of carbonyl (C=O) groups excluding carboxylic acids is 1. The smallest absolute Gasteiger partial charge is 0.308 e. The van der Waals surface area contributed by atoms with Crippen LogP contribution >= 0.6 is 0 Å². The fourth-order valence-corrected chi connectivity index (χ4v) is 3.27. The Morgan fingerprint density at radius 3 is 1.58 bits per heavy atom. The summed E-state index contributed by atoms with van der Waals surface area (Å²) in [4.78, 5) is 11.4. The molecule has 0 spiro atoms. The summed E-state index contributed by atoms with van der Waals surface area (Å²) in [5.74, 6) is -1.20. The van der Waals surface area contributed by atoms with E-state index in [-0.39, 0.29) is 12.8 Å². The molecule has 1 saturated carbocycles. The predicted molar refractivity (Wildman–Crippen MR) is 64.2 cm³/mol. The van der Waals surface area contributed by atoms with Crippen LogP contribution in [0, 0.1) is 5.92 Å². The Balaban J connectivity index is 2.87. The van der Waals surface area contributed by atoms with Crippen LogP contribution in [0.4, 0.5) is 0 Å². The van der Waals surface area contributed by atoms with Crippen molar-refractivity contribution in [1.82, 2.24) is 0 Å². The lowest BCUT2D eigenvalue weighted by atomic mass is 10.1. The average Bonchev–Trinajstić information content (AvgIpc) is 2.55. The summed E-state index contributed by atoms with van der Waals surface area (Å²) in [5, 5.41) is 0. The van der Waals surface area contributed by atoms with E-state index in [1.54, 1.807) is 0 Å². The van der Waals surface area contributed by atoms with Crippen LogP contribution in [0.15, 0.2) is 0 Å². The van der Waals surface area contributed by atoms with Gasteiger partial charge in [0.1, 0.15) is 12.2 Å². The molecule has 0 aliphatic heterocycles. The molecule has 0 aromatic rings. The molecule has 1 aliphatic carbocycles. The lowest BCUT2D eigenvalue weighted by Gasteiger charge is -2.17. The van der Waals surface area contributed by atoms with Gasteiger partial charge in [0.25, 0.3) is 20.2 Å². The molecule has 2 unspecified atom stereocenters. The zero-order chi connectivity index (χ0) is 14.8. The van der Waals surface area contributed by atoms with Crippen LogP contribution in [0.3, 0.4) is 0 Å². The Labute approximate surface area is 112 Å². The van der Waals surface area contributed by atoms with Crippen molar-refractivity contribution in [2.45, 2.75) is 25.0 Å². The van der Waals surface area contributed by atoms with Crippen LogP contribution in [-0.4, -0.2) is 54.6 Å². The Bertz CT molecular complexity index is 493. The first-order valence-corrected chi connectivity index (χ1v) is 8.99. The minimum absolute atomic E-state index is 0.0277. The Hall–Kier alpha value is -0.710. The normalized spacial score (nSPS) is 28.3. The van der Waals surface area contributed by atoms with Gasteiger partial charge in [-0.05, 0) is 12.8 Å². The number of rotatable bonds is 5. The topological polar surface area (TPSA) is 113 Å². The van der Waals surface area contributed by atoms with E-state index in [1.807, 2.05) is 0 Å². The molecular formula is C9H16O8S2. The fraction of sp³-hybridized carbons (Fsp3) is 0.889. The molecule has 8 nitrogen and oxygen atoms in total. The lowest BCUT2D eigenvalue weighted by Crippen LogP contribution is -2.30. The van der Waals surface area contributed by atoms with Gasteiger partial charge in [0, 0.05) is 0 Å². The molecule has 0 saturated heterocycles. The van der Waals surface area contributed by atoms with Crippen molar-refractivity contribution in [3.63, 3.8) is 0 Å². The summed E-state index contributed by atoms with van der Waals surface area (Å²) < 4.78 is 58.5. The third-order valence-corrected chi connectivity index (χ3v) is 3.77. The highest BCUT2D eigenvalue weighted by molar-refractivity contribution is 7.86. The molecule has 1 aliphatic rings. The molecule has 0 bridgehead atoms. The van der Waals surface area contributed by atoms with Crippen molar-refractivity contribution < 1.29 is 34.7 Å². The van der Waals surface area contributed by atoms with Gasteiger partial charge in [-0.2, -0.15) is 16.8 Å². The summed E-state index contributed by atoms with van der Waals surface area (Å²) in [5.41, 5.74) is 0. The first-order valence-electron chi connectivity index (χ1n) is 5.36. The quantitative estimate of drug-likeness (QED) is 0.481. The van der Waals surface area contributed by atoms with Gasteiger partial charge in [0.15, 0.2) is 0 Å². The van der Waals surface area contributed by atoms with Crippen molar-refractivity contribution in [1.29, 1.82) is 0 Å². The second-order valence-electron chi connectivity index (χ2n) is 4.37. The van der Waals surface area contributed by atoms with E-state index in [2.05, 4.69) is 4.74 Å². The van der Waals surface area contributed by atoms with Crippen molar-refractivity contribution in [2.75, 3.05) is 19.6 Å². The molecule has 19 heavy (non-hydrogen) atoms. The largest absolute Gasteiger partial charge is 0.469 e. The molecule has 10 heteroatoms. The van der Waals surface area contributed by atoms with Gasteiger partial charge in [0.05, 0.1) is 25.5 Å². The molecule has 0 amide bonds. The van der Waals surface area contributed by atoms with Crippen LogP contribution in [0.1, 0.15) is 12.8 Å². The molecule has 0 radical (unpaired) electrons. The van der Waals surface area contributed by atoms with E-state index >= 15 is 0 Å². The van der Waals surface area contributed by atoms with E-state index in [0.29, 0.717) is 0 Å². The molecule has 112 valence electrons. The van der Waals surface area contributed by atoms with Gasteiger partial charge in [-0.25, -0.2) is 0 Å². The minimum atomic E-state index is -3.78. The summed E-state index contributed by atoms with van der Waals surface area (Å²) in [6.07, 6.45) is -0.297. The highest BCUT2D eigenvalue weighted by Gasteiger charge is 2.43.